The Labute approximate surface area is 314 Å². The van der Waals surface area contributed by atoms with Crippen molar-refractivity contribution in [2.75, 3.05) is 45.9 Å². The molecule has 1 atom stereocenters. The molecule has 1 unspecified atom stereocenters. The number of piperazine rings is 1. The third-order valence-corrected chi connectivity index (χ3v) is 10.3. The second kappa shape index (κ2) is 16.4. The maximum Gasteiger partial charge on any atom is 0.260 e. The van der Waals surface area contributed by atoms with E-state index in [1.54, 1.807) is 35.2 Å². The first-order valence-corrected chi connectivity index (χ1v) is 18.5. The molecule has 0 spiro atoms. The molecule has 11 heteroatoms. The molecular weight excluding hydrogens is 684 g/mol. The standard InChI is InChI=1S/C43H44N4O7/c1-2-36(29-6-4-3-5-7-29)41(30-8-12-33(48)13-9-30)31-10-14-34(15-11-31)53-25-24-45-20-22-46(23-21-45)40(50)28-54-35-16-17-37-32(26-35)27-47(43(37)52)38-18-19-39(49)44-42(38)51/h3-17,26,38,48H,2,18-25,27-28H2,1H3,(H,44,49,51). The molecule has 2 saturated heterocycles. The fourth-order valence-electron chi connectivity index (χ4n) is 7.42. The van der Waals surface area contributed by atoms with Gasteiger partial charge in [0, 0.05) is 51.3 Å². The number of piperidine rings is 1. The van der Waals surface area contributed by atoms with Crippen LogP contribution in [0.4, 0.5) is 0 Å². The zero-order valence-corrected chi connectivity index (χ0v) is 30.3. The second-order valence-electron chi connectivity index (χ2n) is 13.7. The molecule has 0 aromatic heterocycles. The minimum Gasteiger partial charge on any atom is -0.508 e. The number of amides is 4. The molecule has 0 bridgehead atoms. The van der Waals surface area contributed by atoms with Gasteiger partial charge in [-0.15, -0.1) is 0 Å². The van der Waals surface area contributed by atoms with E-state index in [1.807, 2.05) is 42.5 Å². The summed E-state index contributed by atoms with van der Waals surface area (Å²) in [5.41, 5.74) is 6.84. The molecule has 0 aliphatic carbocycles. The Hall–Kier alpha value is -5.94. The lowest BCUT2D eigenvalue weighted by Crippen LogP contribution is -2.52. The van der Waals surface area contributed by atoms with Crippen molar-refractivity contribution in [1.29, 1.82) is 0 Å². The van der Waals surface area contributed by atoms with Gasteiger partial charge in [-0.2, -0.15) is 0 Å². The zero-order chi connectivity index (χ0) is 37.6. The Morgan fingerprint density at radius 3 is 2.19 bits per heavy atom. The van der Waals surface area contributed by atoms with Crippen molar-refractivity contribution in [3.8, 4) is 17.2 Å². The number of imide groups is 1. The van der Waals surface area contributed by atoms with Crippen LogP contribution >= 0.6 is 0 Å². The average molecular weight is 729 g/mol. The number of phenolic OH excluding ortho intramolecular Hbond substituents is 1. The van der Waals surface area contributed by atoms with Crippen molar-refractivity contribution >= 4 is 34.8 Å². The third kappa shape index (κ3) is 8.16. The van der Waals surface area contributed by atoms with Crippen LogP contribution in [0.15, 0.2) is 97.1 Å². The molecule has 11 nitrogen and oxygen atoms in total. The maximum atomic E-state index is 13.0. The number of nitrogens with one attached hydrogen (secondary N) is 1. The van der Waals surface area contributed by atoms with Crippen LogP contribution in [-0.2, 0) is 20.9 Å². The summed E-state index contributed by atoms with van der Waals surface area (Å²) in [6, 6.07) is 30.3. The van der Waals surface area contributed by atoms with E-state index in [4.69, 9.17) is 9.47 Å². The average Bonchev–Trinajstić information content (AvgIpc) is 3.52. The molecule has 2 fully saturated rings. The molecular formula is C43H44N4O7. The molecule has 3 heterocycles. The second-order valence-corrected chi connectivity index (χ2v) is 13.7. The van der Waals surface area contributed by atoms with E-state index in [0.29, 0.717) is 37.4 Å². The highest BCUT2D eigenvalue weighted by Gasteiger charge is 2.39. The summed E-state index contributed by atoms with van der Waals surface area (Å²) in [6.45, 7) is 6.17. The van der Waals surface area contributed by atoms with Crippen molar-refractivity contribution in [3.63, 3.8) is 0 Å². The van der Waals surface area contributed by atoms with E-state index in [2.05, 4.69) is 41.4 Å². The summed E-state index contributed by atoms with van der Waals surface area (Å²) in [6.07, 6.45) is 1.34. The molecule has 0 saturated carbocycles. The molecule has 278 valence electrons. The number of carbonyl (C=O) groups excluding carboxylic acids is 4. The molecule has 4 aromatic carbocycles. The van der Waals surface area contributed by atoms with Crippen molar-refractivity contribution in [1.82, 2.24) is 20.0 Å². The number of aromatic hydroxyl groups is 1. The van der Waals surface area contributed by atoms with Crippen LogP contribution in [0.25, 0.3) is 11.1 Å². The van der Waals surface area contributed by atoms with Gasteiger partial charge in [0.05, 0.1) is 0 Å². The van der Waals surface area contributed by atoms with Gasteiger partial charge in [-0.1, -0.05) is 61.5 Å². The number of rotatable bonds is 12. The van der Waals surface area contributed by atoms with Crippen LogP contribution in [0.1, 0.15) is 58.8 Å². The largest absolute Gasteiger partial charge is 0.508 e. The first kappa shape index (κ1) is 36.4. The van der Waals surface area contributed by atoms with Crippen LogP contribution in [0.2, 0.25) is 0 Å². The van der Waals surface area contributed by atoms with E-state index in [0.717, 1.165) is 59.6 Å². The minimum absolute atomic E-state index is 0.105. The fraction of sp³-hybridized carbons (Fsp3) is 0.302. The molecule has 3 aliphatic heterocycles. The maximum absolute atomic E-state index is 13.0. The summed E-state index contributed by atoms with van der Waals surface area (Å²) in [5, 5.41) is 12.2. The van der Waals surface area contributed by atoms with Crippen LogP contribution in [0.3, 0.4) is 0 Å². The third-order valence-electron chi connectivity index (χ3n) is 10.3. The quantitative estimate of drug-likeness (QED) is 0.152. The van der Waals surface area contributed by atoms with Crippen LogP contribution in [-0.4, -0.2) is 95.4 Å². The zero-order valence-electron chi connectivity index (χ0n) is 30.3. The van der Waals surface area contributed by atoms with Gasteiger partial charge in [0.25, 0.3) is 11.8 Å². The van der Waals surface area contributed by atoms with E-state index in [-0.39, 0.29) is 43.0 Å². The molecule has 2 N–H and O–H groups in total. The fourth-order valence-corrected chi connectivity index (χ4v) is 7.42. The van der Waals surface area contributed by atoms with E-state index in [1.165, 1.54) is 10.5 Å². The summed E-state index contributed by atoms with van der Waals surface area (Å²) in [7, 11) is 0. The van der Waals surface area contributed by atoms with Crippen LogP contribution in [0.5, 0.6) is 17.2 Å². The summed E-state index contributed by atoms with van der Waals surface area (Å²) < 4.78 is 12.0. The Morgan fingerprint density at radius 2 is 1.50 bits per heavy atom. The van der Waals surface area contributed by atoms with Crippen LogP contribution in [0, 0.1) is 0 Å². The number of phenols is 1. The lowest BCUT2D eigenvalue weighted by molar-refractivity contribution is -0.137. The Kier molecular flexibility index (Phi) is 11.1. The van der Waals surface area contributed by atoms with Gasteiger partial charge in [-0.25, -0.2) is 0 Å². The van der Waals surface area contributed by atoms with Crippen molar-refractivity contribution in [3.05, 3.63) is 125 Å². The summed E-state index contributed by atoms with van der Waals surface area (Å²) in [5.74, 6) is 0.373. The van der Waals surface area contributed by atoms with Gasteiger partial charge in [-0.05, 0) is 88.7 Å². The van der Waals surface area contributed by atoms with Gasteiger partial charge in [0.1, 0.15) is 29.9 Å². The number of nitrogens with zero attached hydrogens (tertiary/aromatic N) is 3. The van der Waals surface area contributed by atoms with Gasteiger partial charge in [0.2, 0.25) is 11.8 Å². The summed E-state index contributed by atoms with van der Waals surface area (Å²) >= 11 is 0. The number of allylic oxidation sites excluding steroid dienone is 1. The van der Waals surface area contributed by atoms with E-state index < -0.39 is 11.9 Å². The van der Waals surface area contributed by atoms with Crippen molar-refractivity contribution in [2.24, 2.45) is 0 Å². The van der Waals surface area contributed by atoms with E-state index >= 15 is 0 Å². The Balaban J connectivity index is 0.876. The van der Waals surface area contributed by atoms with E-state index in [9.17, 15) is 24.3 Å². The Morgan fingerprint density at radius 1 is 0.815 bits per heavy atom. The number of carbonyl (C=O) groups is 4. The first-order valence-electron chi connectivity index (χ1n) is 18.5. The normalized spacial score (nSPS) is 17.9. The number of hydrogen-bond donors (Lipinski definition) is 2. The molecule has 54 heavy (non-hydrogen) atoms. The van der Waals surface area contributed by atoms with Gasteiger partial charge < -0.3 is 24.4 Å². The van der Waals surface area contributed by atoms with Gasteiger partial charge >= 0.3 is 0 Å². The van der Waals surface area contributed by atoms with Crippen molar-refractivity contribution in [2.45, 2.75) is 38.8 Å². The molecule has 4 aromatic rings. The molecule has 3 aliphatic rings. The number of hydrogen-bond acceptors (Lipinski definition) is 8. The molecule has 0 radical (unpaired) electrons. The lowest BCUT2D eigenvalue weighted by Gasteiger charge is -2.34. The van der Waals surface area contributed by atoms with Crippen LogP contribution < -0.4 is 14.8 Å². The molecule has 4 amide bonds. The van der Waals surface area contributed by atoms with Gasteiger partial charge in [-0.3, -0.25) is 29.4 Å². The summed E-state index contributed by atoms with van der Waals surface area (Å²) in [4.78, 5) is 55.4. The number of ether oxygens (including phenoxy) is 2. The topological polar surface area (TPSA) is 129 Å². The Bertz CT molecular complexity index is 2040. The van der Waals surface area contributed by atoms with Gasteiger partial charge in [0.15, 0.2) is 6.61 Å². The highest BCUT2D eigenvalue weighted by Crippen LogP contribution is 2.36. The first-order chi connectivity index (χ1) is 26.3. The highest BCUT2D eigenvalue weighted by molar-refractivity contribution is 6.05. The predicted molar refractivity (Wildman–Crippen MR) is 204 cm³/mol. The SMILES string of the molecule is CCC(=C(c1ccc(O)cc1)c1ccc(OCCN2CCN(C(=O)COc3ccc4c(c3)CN(C3CCC(=O)NC3=O)C4=O)CC2)cc1)c1ccccc1. The highest BCUT2D eigenvalue weighted by atomic mass is 16.5. The lowest BCUT2D eigenvalue weighted by atomic mass is 9.88. The predicted octanol–water partition coefficient (Wildman–Crippen LogP) is 5.12. The molecule has 7 rings (SSSR count). The minimum atomic E-state index is -0.681. The number of fused-ring (bicyclic) bond motifs is 1. The van der Waals surface area contributed by atoms with Crippen molar-refractivity contribution < 1.29 is 33.8 Å². The number of benzene rings is 4. The smallest absolute Gasteiger partial charge is 0.260 e. The monoisotopic (exact) mass is 728 g/mol.